The zero-order chi connectivity index (χ0) is 24.0. The van der Waals surface area contributed by atoms with Gasteiger partial charge in [0, 0.05) is 12.6 Å². The number of hydrogen-bond acceptors (Lipinski definition) is 3. The van der Waals surface area contributed by atoms with E-state index >= 15 is 0 Å². The van der Waals surface area contributed by atoms with Crippen molar-refractivity contribution in [3.05, 3.63) is 95.1 Å². The van der Waals surface area contributed by atoms with Gasteiger partial charge in [-0.05, 0) is 60.7 Å². The van der Waals surface area contributed by atoms with Crippen LogP contribution in [0.25, 0.3) is 0 Å². The first-order chi connectivity index (χ1) is 15.7. The Morgan fingerprint density at radius 3 is 2.30 bits per heavy atom. The van der Waals surface area contributed by atoms with Gasteiger partial charge in [-0.2, -0.15) is 0 Å². The van der Waals surface area contributed by atoms with Gasteiger partial charge in [0.05, 0.1) is 11.3 Å². The molecular weight excluding hydrogens is 448 g/mol. The number of benzene rings is 3. The van der Waals surface area contributed by atoms with Gasteiger partial charge in [0.1, 0.15) is 16.5 Å². The molecule has 0 saturated heterocycles. The number of anilines is 1. The fourth-order valence-electron chi connectivity index (χ4n) is 3.53. The number of aryl methyl sites for hydroxylation is 2. The van der Waals surface area contributed by atoms with Gasteiger partial charge < -0.3 is 5.11 Å². The molecule has 0 aliphatic rings. The van der Waals surface area contributed by atoms with Crippen molar-refractivity contribution >= 4 is 21.7 Å². The topological polar surface area (TPSA) is 74.7 Å². The lowest BCUT2D eigenvalue weighted by molar-refractivity contribution is 0.0697. The van der Waals surface area contributed by atoms with Crippen LogP contribution >= 0.6 is 0 Å². The second-order valence-electron chi connectivity index (χ2n) is 7.64. The molecule has 0 heterocycles. The summed E-state index contributed by atoms with van der Waals surface area (Å²) >= 11 is 0. The Bertz CT molecular complexity index is 1230. The molecule has 33 heavy (non-hydrogen) atoms. The monoisotopic (exact) mass is 473 g/mol. The summed E-state index contributed by atoms with van der Waals surface area (Å²) in [6, 6.07) is 16.0. The van der Waals surface area contributed by atoms with E-state index in [1.807, 2.05) is 13.0 Å². The highest BCUT2D eigenvalue weighted by atomic mass is 32.2. The largest absolute Gasteiger partial charge is 0.478 e. The van der Waals surface area contributed by atoms with Crippen molar-refractivity contribution < 1.29 is 27.1 Å². The number of nitrogens with zero attached hydrogens (tertiary/aromatic N) is 1. The minimum Gasteiger partial charge on any atom is -0.478 e. The molecular formula is C25H25F2NO4S. The maximum absolute atomic E-state index is 14.4. The highest BCUT2D eigenvalue weighted by molar-refractivity contribution is 7.92. The first-order valence-electron chi connectivity index (χ1n) is 10.6. The number of aromatic carboxylic acids is 1. The number of rotatable bonds is 10. The van der Waals surface area contributed by atoms with E-state index in [0.717, 1.165) is 29.7 Å². The summed E-state index contributed by atoms with van der Waals surface area (Å²) < 4.78 is 55.8. The van der Waals surface area contributed by atoms with Crippen molar-refractivity contribution in [3.8, 4) is 0 Å². The molecule has 0 bridgehead atoms. The van der Waals surface area contributed by atoms with Crippen LogP contribution in [-0.2, 0) is 22.9 Å². The van der Waals surface area contributed by atoms with Gasteiger partial charge in [0.15, 0.2) is 0 Å². The molecule has 0 aliphatic carbocycles. The van der Waals surface area contributed by atoms with E-state index in [1.54, 1.807) is 30.3 Å². The highest BCUT2D eigenvalue weighted by Crippen LogP contribution is 2.30. The molecule has 0 saturated carbocycles. The fourth-order valence-corrected chi connectivity index (χ4v) is 5.12. The van der Waals surface area contributed by atoms with E-state index in [1.165, 1.54) is 16.4 Å². The Morgan fingerprint density at radius 2 is 1.67 bits per heavy atom. The van der Waals surface area contributed by atoms with E-state index in [4.69, 9.17) is 5.11 Å². The summed E-state index contributed by atoms with van der Waals surface area (Å²) in [5, 5.41) is 9.05. The van der Waals surface area contributed by atoms with Crippen LogP contribution in [0.15, 0.2) is 71.6 Å². The molecule has 3 rings (SSSR count). The van der Waals surface area contributed by atoms with Crippen LogP contribution in [0.5, 0.6) is 0 Å². The molecule has 5 nitrogen and oxygen atoms in total. The molecule has 0 atom stereocenters. The summed E-state index contributed by atoms with van der Waals surface area (Å²) in [6.45, 7) is 2.08. The molecule has 0 amide bonds. The smallest absolute Gasteiger partial charge is 0.335 e. The molecule has 0 aliphatic heterocycles. The number of hydrogen-bond donors (Lipinski definition) is 1. The summed E-state index contributed by atoms with van der Waals surface area (Å²) in [5.74, 6) is -2.98. The van der Waals surface area contributed by atoms with E-state index in [2.05, 4.69) is 0 Å². The third-order valence-corrected chi connectivity index (χ3v) is 7.17. The molecule has 174 valence electrons. The summed E-state index contributed by atoms with van der Waals surface area (Å²) in [5.41, 5.74) is 2.29. The van der Waals surface area contributed by atoms with Crippen LogP contribution in [0.4, 0.5) is 14.5 Å². The lowest BCUT2D eigenvalue weighted by Gasteiger charge is -2.27. The SMILES string of the molecule is CCCCN(c1ccccc1CCc1ccc(C(=O)O)cc1)S(=O)(=O)c1ccc(F)cc1F. The Labute approximate surface area is 192 Å². The van der Waals surface area contributed by atoms with Crippen molar-refractivity contribution in [2.24, 2.45) is 0 Å². The molecule has 0 spiro atoms. The van der Waals surface area contributed by atoms with Gasteiger partial charge in [-0.15, -0.1) is 0 Å². The van der Waals surface area contributed by atoms with Crippen molar-refractivity contribution in [3.63, 3.8) is 0 Å². The van der Waals surface area contributed by atoms with Gasteiger partial charge in [-0.3, -0.25) is 4.31 Å². The quantitative estimate of drug-likeness (QED) is 0.425. The summed E-state index contributed by atoms with van der Waals surface area (Å²) in [7, 11) is -4.27. The maximum Gasteiger partial charge on any atom is 0.335 e. The van der Waals surface area contributed by atoms with Crippen molar-refractivity contribution in [2.45, 2.75) is 37.5 Å². The number of halogens is 2. The van der Waals surface area contributed by atoms with Gasteiger partial charge in [-0.25, -0.2) is 22.0 Å². The molecule has 3 aromatic rings. The van der Waals surface area contributed by atoms with Crippen molar-refractivity contribution in [2.75, 3.05) is 10.8 Å². The summed E-state index contributed by atoms with van der Waals surface area (Å²) in [4.78, 5) is 10.5. The number of carboxylic acids is 1. The molecule has 0 aromatic heterocycles. The Balaban J connectivity index is 1.94. The number of para-hydroxylation sites is 1. The fraction of sp³-hybridized carbons (Fsp3) is 0.240. The average Bonchev–Trinajstić information content (AvgIpc) is 2.78. The first kappa shape index (κ1) is 24.4. The molecule has 0 fully saturated rings. The van der Waals surface area contributed by atoms with Crippen LogP contribution in [-0.4, -0.2) is 26.0 Å². The lowest BCUT2D eigenvalue weighted by atomic mass is 10.0. The molecule has 1 N–H and O–H groups in total. The van der Waals surface area contributed by atoms with E-state index in [-0.39, 0.29) is 12.1 Å². The van der Waals surface area contributed by atoms with Gasteiger partial charge >= 0.3 is 5.97 Å². The van der Waals surface area contributed by atoms with E-state index < -0.39 is 32.5 Å². The second-order valence-corrected chi connectivity index (χ2v) is 9.47. The number of carboxylic acid groups (broad SMARTS) is 1. The molecule has 0 unspecified atom stereocenters. The number of sulfonamides is 1. The Kier molecular flexibility index (Phi) is 7.81. The van der Waals surface area contributed by atoms with Crippen LogP contribution < -0.4 is 4.31 Å². The summed E-state index contributed by atoms with van der Waals surface area (Å²) in [6.07, 6.45) is 2.35. The Morgan fingerprint density at radius 1 is 0.970 bits per heavy atom. The van der Waals surface area contributed by atoms with E-state index in [0.29, 0.717) is 31.0 Å². The van der Waals surface area contributed by atoms with Crippen LogP contribution in [0.1, 0.15) is 41.3 Å². The van der Waals surface area contributed by atoms with E-state index in [9.17, 15) is 22.0 Å². The van der Waals surface area contributed by atoms with Gasteiger partial charge in [0.2, 0.25) is 0 Å². The minimum atomic E-state index is -4.27. The minimum absolute atomic E-state index is 0.153. The molecule has 8 heteroatoms. The van der Waals surface area contributed by atoms with Crippen molar-refractivity contribution in [1.29, 1.82) is 0 Å². The van der Waals surface area contributed by atoms with Gasteiger partial charge in [0.25, 0.3) is 10.0 Å². The van der Waals surface area contributed by atoms with Crippen LogP contribution in [0.3, 0.4) is 0 Å². The Hall–Kier alpha value is -3.26. The highest BCUT2D eigenvalue weighted by Gasteiger charge is 2.29. The molecule has 3 aromatic carbocycles. The third kappa shape index (κ3) is 5.76. The molecule has 0 radical (unpaired) electrons. The zero-order valence-corrected chi connectivity index (χ0v) is 19.0. The third-order valence-electron chi connectivity index (χ3n) is 5.32. The number of carbonyl (C=O) groups is 1. The lowest BCUT2D eigenvalue weighted by Crippen LogP contribution is -2.33. The first-order valence-corrected chi connectivity index (χ1v) is 12.1. The van der Waals surface area contributed by atoms with Crippen LogP contribution in [0, 0.1) is 11.6 Å². The van der Waals surface area contributed by atoms with Crippen LogP contribution in [0.2, 0.25) is 0 Å². The average molecular weight is 474 g/mol. The second kappa shape index (κ2) is 10.6. The number of unbranched alkanes of at least 4 members (excludes halogenated alkanes) is 1. The predicted molar refractivity (Wildman–Crippen MR) is 123 cm³/mol. The normalized spacial score (nSPS) is 11.4. The van der Waals surface area contributed by atoms with Crippen molar-refractivity contribution in [1.82, 2.24) is 0 Å². The standard InChI is InChI=1S/C25H25F2NO4S/c1-2-3-16-28(33(31,32)24-15-14-21(26)17-22(24)27)23-7-5-4-6-19(23)11-8-18-9-12-20(13-10-18)25(29)30/h4-7,9-10,12-15,17H,2-3,8,11,16H2,1H3,(H,29,30). The predicted octanol–water partition coefficient (Wildman–Crippen LogP) is 5.44. The maximum atomic E-state index is 14.4. The van der Waals surface area contributed by atoms with Gasteiger partial charge in [-0.1, -0.05) is 43.7 Å². The zero-order valence-electron chi connectivity index (χ0n) is 18.2.